The number of hydrogen-bond donors (Lipinski definition) is 1. The topological polar surface area (TPSA) is 62.3 Å². The van der Waals surface area contributed by atoms with Crippen molar-refractivity contribution in [2.75, 3.05) is 17.3 Å². The van der Waals surface area contributed by atoms with Gasteiger partial charge in [0.05, 0.1) is 17.3 Å². The van der Waals surface area contributed by atoms with E-state index in [-0.39, 0.29) is 18.2 Å². The lowest BCUT2D eigenvalue weighted by Crippen LogP contribution is -2.43. The van der Waals surface area contributed by atoms with Gasteiger partial charge in [-0.15, -0.1) is 0 Å². The highest BCUT2D eigenvalue weighted by atomic mass is 16.2. The Kier molecular flexibility index (Phi) is 4.89. The third-order valence-electron chi connectivity index (χ3n) is 5.46. The maximum Gasteiger partial charge on any atom is 0.238 e. The molecule has 1 unspecified atom stereocenters. The molecule has 0 fully saturated rings. The number of carbonyl (C=O) groups excluding carboxylic acids is 2. The van der Waals surface area contributed by atoms with Crippen LogP contribution in [0, 0.1) is 6.92 Å². The van der Waals surface area contributed by atoms with Crippen LogP contribution in [-0.2, 0) is 21.4 Å². The first-order valence-corrected chi connectivity index (χ1v) is 9.63. The molecule has 1 aliphatic rings. The summed E-state index contributed by atoms with van der Waals surface area (Å²) in [6.07, 6.45) is 3.88. The Labute approximate surface area is 170 Å². The van der Waals surface area contributed by atoms with E-state index < -0.39 is 5.41 Å². The van der Waals surface area contributed by atoms with Crippen molar-refractivity contribution < 1.29 is 9.59 Å². The predicted octanol–water partition coefficient (Wildman–Crippen LogP) is 3.88. The molecule has 4 rings (SSSR count). The van der Waals surface area contributed by atoms with Gasteiger partial charge >= 0.3 is 0 Å². The summed E-state index contributed by atoms with van der Waals surface area (Å²) in [6, 6.07) is 19.5. The van der Waals surface area contributed by atoms with Crippen LogP contribution in [0.4, 0.5) is 11.4 Å². The maximum atomic E-state index is 13.5. The Morgan fingerprint density at radius 1 is 1.07 bits per heavy atom. The molecule has 2 amide bonds. The Bertz CT molecular complexity index is 1060. The molecule has 0 bridgehead atoms. The summed E-state index contributed by atoms with van der Waals surface area (Å²) in [5.41, 5.74) is 3.44. The number of amides is 2. The number of aromatic nitrogens is 1. The summed E-state index contributed by atoms with van der Waals surface area (Å²) < 4.78 is 0. The van der Waals surface area contributed by atoms with Gasteiger partial charge in [0.2, 0.25) is 11.8 Å². The zero-order chi connectivity index (χ0) is 20.4. The molecular formula is C24H23N3O2. The summed E-state index contributed by atoms with van der Waals surface area (Å²) in [7, 11) is 1.77. The van der Waals surface area contributed by atoms with Crippen LogP contribution in [0.2, 0.25) is 0 Å². The van der Waals surface area contributed by atoms with E-state index in [0.717, 1.165) is 22.4 Å². The second kappa shape index (κ2) is 7.51. The Morgan fingerprint density at radius 2 is 1.79 bits per heavy atom. The molecule has 29 heavy (non-hydrogen) atoms. The van der Waals surface area contributed by atoms with Crippen molar-refractivity contribution in [3.05, 3.63) is 89.7 Å². The Hall–Kier alpha value is -3.47. The molecule has 0 spiro atoms. The van der Waals surface area contributed by atoms with Crippen molar-refractivity contribution in [1.82, 2.24) is 4.98 Å². The van der Waals surface area contributed by atoms with Crippen LogP contribution < -0.4 is 10.2 Å². The average molecular weight is 385 g/mol. The quantitative estimate of drug-likeness (QED) is 0.725. The van der Waals surface area contributed by atoms with Crippen LogP contribution in [0.5, 0.6) is 0 Å². The second-order valence-electron chi connectivity index (χ2n) is 7.60. The summed E-state index contributed by atoms with van der Waals surface area (Å²) in [4.78, 5) is 32.3. The number of nitrogens with zero attached hydrogens (tertiary/aromatic N) is 2. The van der Waals surface area contributed by atoms with Crippen LogP contribution in [0.15, 0.2) is 73.1 Å². The third kappa shape index (κ3) is 3.51. The summed E-state index contributed by atoms with van der Waals surface area (Å²) in [5, 5.41) is 2.91. The molecule has 1 N–H and O–H groups in total. The van der Waals surface area contributed by atoms with Crippen molar-refractivity contribution in [3.63, 3.8) is 0 Å². The van der Waals surface area contributed by atoms with Crippen LogP contribution in [-0.4, -0.2) is 23.8 Å². The highest BCUT2D eigenvalue weighted by molar-refractivity contribution is 6.10. The number of hydrogen-bond acceptors (Lipinski definition) is 3. The largest absolute Gasteiger partial charge is 0.325 e. The lowest BCUT2D eigenvalue weighted by molar-refractivity contribution is -0.127. The minimum absolute atomic E-state index is 0.0555. The summed E-state index contributed by atoms with van der Waals surface area (Å²) in [5.74, 6) is -0.258. The lowest BCUT2D eigenvalue weighted by atomic mass is 9.73. The molecule has 3 aromatic rings. The molecule has 1 aliphatic heterocycles. The molecule has 2 heterocycles. The number of benzene rings is 2. The van der Waals surface area contributed by atoms with E-state index in [4.69, 9.17) is 0 Å². The Balaban J connectivity index is 1.72. The number of fused-ring (bicyclic) bond motifs is 1. The minimum atomic E-state index is -0.936. The molecule has 1 atom stereocenters. The molecule has 0 saturated carbocycles. The zero-order valence-electron chi connectivity index (χ0n) is 16.6. The molecule has 2 aromatic carbocycles. The van der Waals surface area contributed by atoms with Gasteiger partial charge in [-0.25, -0.2) is 0 Å². The molecular weight excluding hydrogens is 362 g/mol. The first-order valence-electron chi connectivity index (χ1n) is 9.63. The number of likely N-dealkylation sites (N-methyl/N-ethyl adjacent to an activating group) is 1. The molecule has 146 valence electrons. The van der Waals surface area contributed by atoms with E-state index in [1.54, 1.807) is 24.3 Å². The highest BCUT2D eigenvalue weighted by Crippen LogP contribution is 2.45. The fourth-order valence-corrected chi connectivity index (χ4v) is 4.17. The van der Waals surface area contributed by atoms with E-state index in [1.165, 1.54) is 0 Å². The van der Waals surface area contributed by atoms with E-state index in [9.17, 15) is 9.59 Å². The van der Waals surface area contributed by atoms with Crippen LogP contribution in [0.3, 0.4) is 0 Å². The average Bonchev–Trinajstić information content (AvgIpc) is 2.91. The van der Waals surface area contributed by atoms with E-state index >= 15 is 0 Å². The molecule has 1 aromatic heterocycles. The summed E-state index contributed by atoms with van der Waals surface area (Å²) in [6.45, 7) is 1.92. The van der Waals surface area contributed by atoms with Crippen molar-refractivity contribution in [2.24, 2.45) is 0 Å². The lowest BCUT2D eigenvalue weighted by Gasteiger charge is -2.28. The maximum absolute atomic E-state index is 13.5. The van der Waals surface area contributed by atoms with Gasteiger partial charge in [-0.05, 0) is 42.2 Å². The van der Waals surface area contributed by atoms with Crippen molar-refractivity contribution >= 4 is 23.2 Å². The van der Waals surface area contributed by atoms with Gasteiger partial charge in [0.15, 0.2) is 0 Å². The van der Waals surface area contributed by atoms with E-state index in [2.05, 4.69) is 10.3 Å². The molecule has 0 radical (unpaired) electrons. The van der Waals surface area contributed by atoms with E-state index in [0.29, 0.717) is 12.1 Å². The van der Waals surface area contributed by atoms with Gasteiger partial charge in [0, 0.05) is 25.4 Å². The molecule has 5 heteroatoms. The molecule has 0 aliphatic carbocycles. The van der Waals surface area contributed by atoms with Crippen molar-refractivity contribution in [1.29, 1.82) is 0 Å². The number of nitrogens with one attached hydrogen (secondary N) is 1. The van der Waals surface area contributed by atoms with E-state index in [1.807, 2.05) is 67.6 Å². The zero-order valence-corrected chi connectivity index (χ0v) is 16.6. The van der Waals surface area contributed by atoms with Gasteiger partial charge in [0.1, 0.15) is 0 Å². The molecule has 5 nitrogen and oxygen atoms in total. The monoisotopic (exact) mass is 385 g/mol. The predicted molar refractivity (Wildman–Crippen MR) is 114 cm³/mol. The van der Waals surface area contributed by atoms with Crippen LogP contribution in [0.25, 0.3) is 0 Å². The Morgan fingerprint density at radius 3 is 2.55 bits per heavy atom. The van der Waals surface area contributed by atoms with Gasteiger partial charge in [0.25, 0.3) is 0 Å². The molecule has 0 saturated heterocycles. The number of anilines is 2. The van der Waals surface area contributed by atoms with Crippen LogP contribution >= 0.6 is 0 Å². The first-order chi connectivity index (χ1) is 14.0. The van der Waals surface area contributed by atoms with Gasteiger partial charge in [-0.2, -0.15) is 0 Å². The normalized spacial score (nSPS) is 17.9. The van der Waals surface area contributed by atoms with Crippen LogP contribution in [0.1, 0.15) is 23.1 Å². The second-order valence-corrected chi connectivity index (χ2v) is 7.60. The fraction of sp³-hybridized carbons (Fsp3) is 0.208. The summed E-state index contributed by atoms with van der Waals surface area (Å²) >= 11 is 0. The minimum Gasteiger partial charge on any atom is -0.325 e. The van der Waals surface area contributed by atoms with Crippen molar-refractivity contribution in [2.45, 2.75) is 25.2 Å². The highest BCUT2D eigenvalue weighted by Gasteiger charge is 2.50. The smallest absolute Gasteiger partial charge is 0.238 e. The van der Waals surface area contributed by atoms with Crippen molar-refractivity contribution in [3.8, 4) is 0 Å². The standard InChI is InChI=1S/C24H23N3O2/c1-17-12-19(16-25-15-17)26-22(28)14-24(13-18-8-4-3-5-9-18)20-10-6-7-11-21(20)27(2)23(24)29/h3-12,15-16H,13-14H2,1-2H3,(H,26,28). The SMILES string of the molecule is Cc1cncc(NC(=O)CC2(Cc3ccccc3)C(=O)N(C)c3ccccc32)c1. The fourth-order valence-electron chi connectivity index (χ4n) is 4.17. The number of para-hydroxylation sites is 1. The number of aryl methyl sites for hydroxylation is 1. The van der Waals surface area contributed by atoms with Gasteiger partial charge in [-0.3, -0.25) is 14.6 Å². The van der Waals surface area contributed by atoms with Gasteiger partial charge in [-0.1, -0.05) is 48.5 Å². The number of pyridine rings is 1. The number of rotatable bonds is 5. The first kappa shape index (κ1) is 18.9. The number of carbonyl (C=O) groups is 2. The van der Waals surface area contributed by atoms with Gasteiger partial charge < -0.3 is 10.2 Å². The third-order valence-corrected chi connectivity index (χ3v) is 5.46.